The third-order valence-corrected chi connectivity index (χ3v) is 4.83. The van der Waals surface area contributed by atoms with Gasteiger partial charge in [0.25, 0.3) is 5.56 Å². The SMILES string of the molecule is O=c1ccc(-n2c(-c3ccccc3)nc3ccccc32)nn1CCCc1nn[nH]n1. The first kappa shape index (κ1) is 17.9. The molecule has 0 aliphatic heterocycles. The van der Waals surface area contributed by atoms with E-state index in [1.165, 1.54) is 4.68 Å². The van der Waals surface area contributed by atoms with Gasteiger partial charge in [-0.15, -0.1) is 10.2 Å². The number of benzene rings is 2. The average Bonchev–Trinajstić information content (AvgIpc) is 3.43. The Morgan fingerprint density at radius 3 is 2.60 bits per heavy atom. The monoisotopic (exact) mass is 398 g/mol. The lowest BCUT2D eigenvalue weighted by molar-refractivity contribution is 0.538. The summed E-state index contributed by atoms with van der Waals surface area (Å²) in [5.41, 5.74) is 2.62. The summed E-state index contributed by atoms with van der Waals surface area (Å²) < 4.78 is 3.46. The number of nitrogens with zero attached hydrogens (tertiary/aromatic N) is 7. The number of nitrogens with one attached hydrogen (secondary N) is 1. The molecule has 5 aromatic rings. The maximum Gasteiger partial charge on any atom is 0.266 e. The second kappa shape index (κ2) is 7.70. The van der Waals surface area contributed by atoms with Gasteiger partial charge in [-0.25, -0.2) is 9.67 Å². The number of fused-ring (bicyclic) bond motifs is 1. The Balaban J connectivity index is 1.56. The lowest BCUT2D eigenvalue weighted by Gasteiger charge is -2.11. The Morgan fingerprint density at radius 1 is 0.933 bits per heavy atom. The molecule has 148 valence electrons. The van der Waals surface area contributed by atoms with Crippen molar-refractivity contribution in [1.82, 2.24) is 40.0 Å². The van der Waals surface area contributed by atoms with Gasteiger partial charge in [0.1, 0.15) is 5.82 Å². The third-order valence-electron chi connectivity index (χ3n) is 4.83. The van der Waals surface area contributed by atoms with E-state index in [9.17, 15) is 4.79 Å². The number of aromatic nitrogens is 8. The number of tetrazole rings is 1. The molecule has 9 heteroatoms. The van der Waals surface area contributed by atoms with Gasteiger partial charge in [0, 0.05) is 24.6 Å². The second-order valence-electron chi connectivity index (χ2n) is 6.81. The van der Waals surface area contributed by atoms with Crippen LogP contribution in [0.3, 0.4) is 0 Å². The fourth-order valence-electron chi connectivity index (χ4n) is 3.43. The van der Waals surface area contributed by atoms with Crippen molar-refractivity contribution in [1.29, 1.82) is 0 Å². The molecule has 5 rings (SSSR count). The molecule has 0 unspecified atom stereocenters. The molecule has 3 aromatic heterocycles. The minimum Gasteiger partial charge on any atom is -0.275 e. The van der Waals surface area contributed by atoms with Crippen LogP contribution in [0.25, 0.3) is 28.2 Å². The first-order valence-corrected chi connectivity index (χ1v) is 9.63. The molecule has 0 atom stereocenters. The molecule has 0 spiro atoms. The first-order valence-electron chi connectivity index (χ1n) is 9.63. The normalized spacial score (nSPS) is 11.2. The zero-order chi connectivity index (χ0) is 20.3. The van der Waals surface area contributed by atoms with Crippen molar-refractivity contribution >= 4 is 11.0 Å². The van der Waals surface area contributed by atoms with Crippen LogP contribution >= 0.6 is 0 Å². The Bertz CT molecular complexity index is 1340. The molecule has 0 saturated carbocycles. The molecule has 0 aliphatic carbocycles. The van der Waals surface area contributed by atoms with Gasteiger partial charge >= 0.3 is 0 Å². The summed E-state index contributed by atoms with van der Waals surface area (Å²) in [6, 6.07) is 21.1. The quantitative estimate of drug-likeness (QED) is 0.471. The lowest BCUT2D eigenvalue weighted by atomic mass is 10.2. The number of hydrogen-bond donors (Lipinski definition) is 1. The molecule has 1 N–H and O–H groups in total. The molecule has 2 aromatic carbocycles. The molecular weight excluding hydrogens is 380 g/mol. The zero-order valence-corrected chi connectivity index (χ0v) is 16.0. The van der Waals surface area contributed by atoms with Crippen molar-refractivity contribution in [3.8, 4) is 17.2 Å². The Labute approximate surface area is 171 Å². The highest BCUT2D eigenvalue weighted by atomic mass is 16.1. The van der Waals surface area contributed by atoms with Gasteiger partial charge in [-0.2, -0.15) is 10.3 Å². The summed E-state index contributed by atoms with van der Waals surface area (Å²) in [5, 5.41) is 18.5. The van der Waals surface area contributed by atoms with Gasteiger partial charge < -0.3 is 0 Å². The molecule has 9 nitrogen and oxygen atoms in total. The maximum absolute atomic E-state index is 12.4. The second-order valence-corrected chi connectivity index (χ2v) is 6.81. The summed E-state index contributed by atoms with van der Waals surface area (Å²) in [5.74, 6) is 2.04. The van der Waals surface area contributed by atoms with Crippen LogP contribution in [0.1, 0.15) is 12.2 Å². The zero-order valence-electron chi connectivity index (χ0n) is 16.0. The van der Waals surface area contributed by atoms with E-state index in [2.05, 4.69) is 25.7 Å². The summed E-state index contributed by atoms with van der Waals surface area (Å²) in [6.07, 6.45) is 1.28. The molecule has 0 radical (unpaired) electrons. The van der Waals surface area contributed by atoms with Crippen LogP contribution in [0.15, 0.2) is 71.5 Å². The Kier molecular flexibility index (Phi) is 4.60. The van der Waals surface area contributed by atoms with Crippen molar-refractivity contribution in [3.05, 3.63) is 82.9 Å². The average molecular weight is 398 g/mol. The summed E-state index contributed by atoms with van der Waals surface area (Å²) in [6.45, 7) is 0.453. The first-order chi connectivity index (χ1) is 14.8. The molecular formula is C21H18N8O. The minimum atomic E-state index is -0.155. The van der Waals surface area contributed by atoms with Gasteiger partial charge in [-0.3, -0.25) is 9.36 Å². The summed E-state index contributed by atoms with van der Waals surface area (Å²) in [7, 11) is 0. The van der Waals surface area contributed by atoms with Crippen LogP contribution in [-0.2, 0) is 13.0 Å². The van der Waals surface area contributed by atoms with Crippen molar-refractivity contribution in [3.63, 3.8) is 0 Å². The van der Waals surface area contributed by atoms with Crippen molar-refractivity contribution in [2.24, 2.45) is 0 Å². The van der Waals surface area contributed by atoms with Crippen LogP contribution in [0.5, 0.6) is 0 Å². The van der Waals surface area contributed by atoms with E-state index in [1.54, 1.807) is 12.1 Å². The van der Waals surface area contributed by atoms with Gasteiger partial charge in [0.15, 0.2) is 11.6 Å². The van der Waals surface area contributed by atoms with E-state index in [1.807, 2.05) is 59.2 Å². The van der Waals surface area contributed by atoms with E-state index in [0.717, 1.165) is 22.4 Å². The number of imidazole rings is 1. The summed E-state index contributed by atoms with van der Waals surface area (Å²) in [4.78, 5) is 17.2. The lowest BCUT2D eigenvalue weighted by Crippen LogP contribution is -2.24. The topological polar surface area (TPSA) is 107 Å². The highest BCUT2D eigenvalue weighted by molar-refractivity contribution is 5.82. The predicted octanol–water partition coefficient (Wildman–Crippen LogP) is 2.40. The van der Waals surface area contributed by atoms with Crippen molar-refractivity contribution in [2.45, 2.75) is 19.4 Å². The third kappa shape index (κ3) is 3.37. The van der Waals surface area contributed by atoms with E-state index < -0.39 is 0 Å². The molecule has 0 saturated heterocycles. The molecule has 0 fully saturated rings. The number of aromatic amines is 1. The molecule has 30 heavy (non-hydrogen) atoms. The fourth-order valence-corrected chi connectivity index (χ4v) is 3.43. The maximum atomic E-state index is 12.4. The van der Waals surface area contributed by atoms with Crippen LogP contribution in [0, 0.1) is 0 Å². The highest BCUT2D eigenvalue weighted by Gasteiger charge is 2.15. The van der Waals surface area contributed by atoms with Gasteiger partial charge in [0.05, 0.1) is 11.0 Å². The molecule has 0 aliphatic rings. The van der Waals surface area contributed by atoms with Crippen molar-refractivity contribution in [2.75, 3.05) is 0 Å². The number of aryl methyl sites for hydroxylation is 2. The Hall–Kier alpha value is -4.14. The fraction of sp³-hybridized carbons (Fsp3) is 0.143. The van der Waals surface area contributed by atoms with Crippen LogP contribution in [-0.4, -0.2) is 40.0 Å². The largest absolute Gasteiger partial charge is 0.275 e. The molecule has 0 amide bonds. The van der Waals surface area contributed by atoms with E-state index >= 15 is 0 Å². The highest BCUT2D eigenvalue weighted by Crippen LogP contribution is 2.27. The molecule has 3 heterocycles. The van der Waals surface area contributed by atoms with Gasteiger partial charge in [0.2, 0.25) is 0 Å². The number of rotatable bonds is 6. The van der Waals surface area contributed by atoms with E-state index in [0.29, 0.717) is 31.0 Å². The number of H-pyrrole nitrogens is 1. The van der Waals surface area contributed by atoms with Gasteiger partial charge in [-0.05, 0) is 24.6 Å². The van der Waals surface area contributed by atoms with Crippen LogP contribution < -0.4 is 5.56 Å². The minimum absolute atomic E-state index is 0.155. The predicted molar refractivity (Wildman–Crippen MR) is 111 cm³/mol. The van der Waals surface area contributed by atoms with E-state index in [-0.39, 0.29) is 5.56 Å². The smallest absolute Gasteiger partial charge is 0.266 e. The standard InChI is InChI=1S/C21H18N8O/c30-20-13-12-19(25-28(20)14-6-11-18-23-26-27-24-18)29-17-10-5-4-9-16(17)22-21(29)15-7-2-1-3-8-15/h1-5,7-10,12-13H,6,11,14H2,(H,23,24,26,27). The van der Waals surface area contributed by atoms with E-state index in [4.69, 9.17) is 4.98 Å². The van der Waals surface area contributed by atoms with Crippen molar-refractivity contribution < 1.29 is 0 Å². The van der Waals surface area contributed by atoms with Gasteiger partial charge in [-0.1, -0.05) is 47.7 Å². The van der Waals surface area contributed by atoms with Crippen LogP contribution in [0.2, 0.25) is 0 Å². The summed E-state index contributed by atoms with van der Waals surface area (Å²) >= 11 is 0. The number of para-hydroxylation sites is 2. The molecule has 0 bridgehead atoms. The Morgan fingerprint density at radius 2 is 1.77 bits per heavy atom. The number of hydrogen-bond acceptors (Lipinski definition) is 6. The van der Waals surface area contributed by atoms with Crippen LogP contribution in [0.4, 0.5) is 0 Å².